The summed E-state index contributed by atoms with van der Waals surface area (Å²) in [5, 5.41) is 0. The van der Waals surface area contributed by atoms with Gasteiger partial charge in [0.15, 0.2) is 0 Å². The van der Waals surface area contributed by atoms with Crippen molar-refractivity contribution >= 4 is 0 Å². The largest absolute Gasteiger partial charge is 0.381 e. The Morgan fingerprint density at radius 1 is 1.67 bits per heavy atom. The number of hydrogen-bond acceptors (Lipinski definition) is 3. The highest BCUT2D eigenvalue weighted by molar-refractivity contribution is 4.89. The quantitative estimate of drug-likeness (QED) is 0.686. The monoisotopic (exact) mass is 173 g/mol. The van der Waals surface area contributed by atoms with E-state index in [1.54, 1.807) is 0 Å². The molecule has 0 aromatic carbocycles. The molecule has 3 nitrogen and oxygen atoms in total. The molecular formula is C9H19NO2. The van der Waals surface area contributed by atoms with Gasteiger partial charge in [0.2, 0.25) is 0 Å². The van der Waals surface area contributed by atoms with Crippen molar-refractivity contribution in [3.63, 3.8) is 0 Å². The van der Waals surface area contributed by atoms with Crippen molar-refractivity contribution in [3.05, 3.63) is 0 Å². The summed E-state index contributed by atoms with van der Waals surface area (Å²) < 4.78 is 11.1. The van der Waals surface area contributed by atoms with Crippen molar-refractivity contribution < 1.29 is 9.47 Å². The van der Waals surface area contributed by atoms with E-state index in [9.17, 15) is 0 Å². The second kappa shape index (κ2) is 4.21. The minimum absolute atomic E-state index is 0.118. The lowest BCUT2D eigenvalue weighted by Crippen LogP contribution is -2.51. The van der Waals surface area contributed by atoms with E-state index in [0.29, 0.717) is 12.5 Å². The first kappa shape index (κ1) is 9.96. The Kier molecular flexibility index (Phi) is 3.50. The van der Waals surface area contributed by atoms with E-state index in [2.05, 4.69) is 6.92 Å². The van der Waals surface area contributed by atoms with E-state index < -0.39 is 0 Å². The normalized spacial score (nSPS) is 36.8. The van der Waals surface area contributed by atoms with E-state index in [1.165, 1.54) is 0 Å². The summed E-state index contributed by atoms with van der Waals surface area (Å²) in [7, 11) is 0. The Morgan fingerprint density at radius 2 is 2.42 bits per heavy atom. The lowest BCUT2D eigenvalue weighted by atomic mass is 9.84. The van der Waals surface area contributed by atoms with Gasteiger partial charge in [-0.1, -0.05) is 6.92 Å². The fourth-order valence-corrected chi connectivity index (χ4v) is 1.77. The molecule has 12 heavy (non-hydrogen) atoms. The van der Waals surface area contributed by atoms with Gasteiger partial charge in [-0.25, -0.2) is 0 Å². The Balaban J connectivity index is 2.60. The zero-order valence-corrected chi connectivity index (χ0v) is 8.01. The number of nitrogens with two attached hydrogens (primary N) is 1. The molecule has 72 valence electrons. The van der Waals surface area contributed by atoms with Crippen LogP contribution in [0.1, 0.15) is 20.3 Å². The molecule has 1 rings (SSSR count). The van der Waals surface area contributed by atoms with Crippen LogP contribution in [0.2, 0.25) is 0 Å². The lowest BCUT2D eigenvalue weighted by Gasteiger charge is -2.41. The summed E-state index contributed by atoms with van der Waals surface area (Å²) in [5.41, 5.74) is 5.62. The zero-order chi connectivity index (χ0) is 9.03. The molecule has 2 unspecified atom stereocenters. The molecule has 2 atom stereocenters. The van der Waals surface area contributed by atoms with Crippen LogP contribution in [0, 0.1) is 5.92 Å². The van der Waals surface area contributed by atoms with Crippen molar-refractivity contribution in [1.82, 2.24) is 0 Å². The van der Waals surface area contributed by atoms with Crippen LogP contribution in [0.3, 0.4) is 0 Å². The highest BCUT2D eigenvalue weighted by Gasteiger charge is 2.38. The molecule has 1 heterocycles. The predicted octanol–water partition coefficient (Wildman–Crippen LogP) is 0.777. The molecule has 0 aliphatic carbocycles. The van der Waals surface area contributed by atoms with Crippen LogP contribution in [-0.4, -0.2) is 32.0 Å². The lowest BCUT2D eigenvalue weighted by molar-refractivity contribution is -0.137. The van der Waals surface area contributed by atoms with E-state index >= 15 is 0 Å². The maximum atomic E-state index is 5.73. The van der Waals surface area contributed by atoms with E-state index in [-0.39, 0.29) is 5.60 Å². The molecule has 1 aliphatic heterocycles. The van der Waals surface area contributed by atoms with Crippen molar-refractivity contribution in [2.75, 3.05) is 26.4 Å². The van der Waals surface area contributed by atoms with Gasteiger partial charge >= 0.3 is 0 Å². The summed E-state index contributed by atoms with van der Waals surface area (Å²) in [6.07, 6.45) is 0.929. The zero-order valence-electron chi connectivity index (χ0n) is 8.01. The first-order chi connectivity index (χ1) is 5.75. The van der Waals surface area contributed by atoms with Crippen LogP contribution in [0.5, 0.6) is 0 Å². The fraction of sp³-hybridized carbons (Fsp3) is 1.00. The first-order valence-corrected chi connectivity index (χ1v) is 4.67. The molecule has 1 saturated heterocycles. The van der Waals surface area contributed by atoms with Crippen LogP contribution in [0.25, 0.3) is 0 Å². The summed E-state index contributed by atoms with van der Waals surface area (Å²) in [5.74, 6) is 0.413. The smallest absolute Gasteiger partial charge is 0.0873 e. The topological polar surface area (TPSA) is 44.5 Å². The number of hydrogen-bond donors (Lipinski definition) is 1. The first-order valence-electron chi connectivity index (χ1n) is 4.67. The van der Waals surface area contributed by atoms with Crippen molar-refractivity contribution in [2.45, 2.75) is 25.9 Å². The molecule has 2 N–H and O–H groups in total. The summed E-state index contributed by atoms with van der Waals surface area (Å²) in [4.78, 5) is 0. The third kappa shape index (κ3) is 1.79. The number of rotatable bonds is 3. The Labute approximate surface area is 74.2 Å². The SMILES string of the molecule is CCOC1(CN)CCOCC1C. The third-order valence-corrected chi connectivity index (χ3v) is 2.71. The van der Waals surface area contributed by atoms with Gasteiger partial charge in [-0.2, -0.15) is 0 Å². The second-order valence-corrected chi connectivity index (χ2v) is 3.43. The summed E-state index contributed by atoms with van der Waals surface area (Å²) in [6, 6.07) is 0. The van der Waals surface area contributed by atoms with Crippen LogP contribution in [-0.2, 0) is 9.47 Å². The molecule has 0 spiro atoms. The Hall–Kier alpha value is -0.120. The maximum absolute atomic E-state index is 5.73. The summed E-state index contributed by atoms with van der Waals surface area (Å²) in [6.45, 7) is 7.05. The van der Waals surface area contributed by atoms with Crippen molar-refractivity contribution in [3.8, 4) is 0 Å². The van der Waals surface area contributed by atoms with Crippen LogP contribution in [0.4, 0.5) is 0 Å². The molecule has 0 aromatic heterocycles. The third-order valence-electron chi connectivity index (χ3n) is 2.71. The van der Waals surface area contributed by atoms with Gasteiger partial charge in [-0.15, -0.1) is 0 Å². The predicted molar refractivity (Wildman–Crippen MR) is 48.0 cm³/mol. The van der Waals surface area contributed by atoms with Gasteiger partial charge in [0, 0.05) is 32.1 Å². The molecule has 1 fully saturated rings. The average Bonchev–Trinajstić information content (AvgIpc) is 2.10. The van der Waals surface area contributed by atoms with E-state index in [4.69, 9.17) is 15.2 Å². The fourth-order valence-electron chi connectivity index (χ4n) is 1.77. The van der Waals surface area contributed by atoms with Gasteiger partial charge in [0.1, 0.15) is 0 Å². The molecule has 3 heteroatoms. The van der Waals surface area contributed by atoms with E-state index in [1.807, 2.05) is 6.92 Å². The van der Waals surface area contributed by atoms with Crippen molar-refractivity contribution in [1.29, 1.82) is 0 Å². The van der Waals surface area contributed by atoms with Crippen LogP contribution < -0.4 is 5.73 Å². The van der Waals surface area contributed by atoms with E-state index in [0.717, 1.165) is 26.2 Å². The van der Waals surface area contributed by atoms with Gasteiger partial charge in [0.05, 0.1) is 12.2 Å². The number of ether oxygens (including phenoxy) is 2. The Morgan fingerprint density at radius 3 is 2.92 bits per heavy atom. The van der Waals surface area contributed by atoms with Gasteiger partial charge < -0.3 is 15.2 Å². The molecule has 0 aromatic rings. The van der Waals surface area contributed by atoms with Crippen LogP contribution >= 0.6 is 0 Å². The minimum Gasteiger partial charge on any atom is -0.381 e. The molecule has 0 radical (unpaired) electrons. The minimum atomic E-state index is -0.118. The maximum Gasteiger partial charge on any atom is 0.0873 e. The van der Waals surface area contributed by atoms with Crippen LogP contribution in [0.15, 0.2) is 0 Å². The molecule has 1 aliphatic rings. The molecule has 0 bridgehead atoms. The highest BCUT2D eigenvalue weighted by Crippen LogP contribution is 2.29. The molecule has 0 amide bonds. The molecular weight excluding hydrogens is 154 g/mol. The average molecular weight is 173 g/mol. The summed E-state index contributed by atoms with van der Waals surface area (Å²) >= 11 is 0. The van der Waals surface area contributed by atoms with Gasteiger partial charge in [-0.3, -0.25) is 0 Å². The second-order valence-electron chi connectivity index (χ2n) is 3.43. The van der Waals surface area contributed by atoms with Gasteiger partial charge in [-0.05, 0) is 6.92 Å². The highest BCUT2D eigenvalue weighted by atomic mass is 16.5. The Bertz CT molecular complexity index is 136. The van der Waals surface area contributed by atoms with Gasteiger partial charge in [0.25, 0.3) is 0 Å². The molecule has 0 saturated carbocycles. The van der Waals surface area contributed by atoms with Crippen molar-refractivity contribution in [2.24, 2.45) is 11.7 Å². The standard InChI is InChI=1S/C9H19NO2/c1-3-12-9(7-10)4-5-11-6-8(9)2/h8H,3-7,10H2,1-2H3.